The Balaban J connectivity index is 3.39. The zero-order valence-electron chi connectivity index (χ0n) is 11.7. The minimum Gasteiger partial charge on any atom is -0.355 e. The quantitative estimate of drug-likeness (QED) is 0.536. The highest BCUT2D eigenvalue weighted by Crippen LogP contribution is 1.88. The Kier molecular flexibility index (Phi) is 11.4. The van der Waals surface area contributed by atoms with Gasteiger partial charge in [0.15, 0.2) is 0 Å². The van der Waals surface area contributed by atoms with Crippen LogP contribution < -0.4 is 10.6 Å². The maximum atomic E-state index is 11.4. The number of rotatable bonds is 11. The zero-order chi connectivity index (χ0) is 12.9. The van der Waals surface area contributed by atoms with Crippen LogP contribution in [0.2, 0.25) is 0 Å². The van der Waals surface area contributed by atoms with E-state index >= 15 is 0 Å². The smallest absolute Gasteiger partial charge is 0.233 e. The fraction of sp³-hybridized carbons (Fsp3) is 0.923. The van der Waals surface area contributed by atoms with Crippen LogP contribution in [0.4, 0.5) is 0 Å². The lowest BCUT2D eigenvalue weighted by molar-refractivity contribution is -0.120. The first-order valence-corrected chi connectivity index (χ1v) is 6.94. The molecule has 0 saturated carbocycles. The van der Waals surface area contributed by atoms with E-state index in [1.165, 1.54) is 6.42 Å². The number of nitrogens with one attached hydrogen (secondary N) is 2. The molecule has 102 valence electrons. The van der Waals surface area contributed by atoms with Crippen LogP contribution in [0.1, 0.15) is 40.0 Å². The molecule has 0 aromatic heterocycles. The van der Waals surface area contributed by atoms with Crippen molar-refractivity contribution in [3.8, 4) is 0 Å². The van der Waals surface area contributed by atoms with E-state index in [1.807, 2.05) is 0 Å². The highest BCUT2D eigenvalue weighted by atomic mass is 16.1. The van der Waals surface area contributed by atoms with Crippen molar-refractivity contribution < 1.29 is 4.79 Å². The lowest BCUT2D eigenvalue weighted by atomic mass is 10.3. The van der Waals surface area contributed by atoms with E-state index in [2.05, 4.69) is 36.3 Å². The maximum Gasteiger partial charge on any atom is 0.233 e. The Bertz CT molecular complexity index is 186. The third-order valence-electron chi connectivity index (χ3n) is 2.73. The van der Waals surface area contributed by atoms with Gasteiger partial charge in [-0.3, -0.25) is 4.79 Å². The van der Waals surface area contributed by atoms with Crippen LogP contribution in [0.5, 0.6) is 0 Å². The van der Waals surface area contributed by atoms with Gasteiger partial charge >= 0.3 is 0 Å². The molecule has 0 aromatic carbocycles. The molecule has 0 bridgehead atoms. The molecule has 0 atom stereocenters. The second-order valence-corrected chi connectivity index (χ2v) is 4.31. The highest BCUT2D eigenvalue weighted by Gasteiger charge is 2.02. The van der Waals surface area contributed by atoms with Gasteiger partial charge in [0.05, 0.1) is 6.54 Å². The summed E-state index contributed by atoms with van der Waals surface area (Å²) < 4.78 is 0. The van der Waals surface area contributed by atoms with Crippen LogP contribution in [0, 0.1) is 0 Å². The van der Waals surface area contributed by atoms with Crippen LogP contribution in [-0.4, -0.2) is 50.1 Å². The van der Waals surface area contributed by atoms with Gasteiger partial charge < -0.3 is 15.5 Å². The number of hydrogen-bond donors (Lipinski definition) is 2. The van der Waals surface area contributed by atoms with Gasteiger partial charge in [-0.1, -0.05) is 27.2 Å². The van der Waals surface area contributed by atoms with Gasteiger partial charge in [0, 0.05) is 19.6 Å². The molecule has 4 nitrogen and oxygen atoms in total. The lowest BCUT2D eigenvalue weighted by Crippen LogP contribution is -2.38. The van der Waals surface area contributed by atoms with Crippen LogP contribution in [0.15, 0.2) is 0 Å². The zero-order valence-corrected chi connectivity index (χ0v) is 11.7. The van der Waals surface area contributed by atoms with E-state index in [0.717, 1.165) is 45.6 Å². The van der Waals surface area contributed by atoms with E-state index in [1.54, 1.807) is 0 Å². The molecular formula is C13H29N3O. The number of amides is 1. The van der Waals surface area contributed by atoms with Gasteiger partial charge in [-0.05, 0) is 25.9 Å². The van der Waals surface area contributed by atoms with Crippen molar-refractivity contribution in [1.29, 1.82) is 0 Å². The summed E-state index contributed by atoms with van der Waals surface area (Å²) in [6.45, 7) is 11.9. The predicted octanol–water partition coefficient (Wildman–Crippen LogP) is 1.22. The van der Waals surface area contributed by atoms with Crippen molar-refractivity contribution in [3.05, 3.63) is 0 Å². The molecule has 1 amide bonds. The van der Waals surface area contributed by atoms with Crippen molar-refractivity contribution in [2.24, 2.45) is 0 Å². The molecule has 0 aromatic rings. The van der Waals surface area contributed by atoms with Crippen LogP contribution in [0.3, 0.4) is 0 Å². The highest BCUT2D eigenvalue weighted by molar-refractivity contribution is 5.77. The fourth-order valence-electron chi connectivity index (χ4n) is 1.65. The van der Waals surface area contributed by atoms with E-state index in [-0.39, 0.29) is 5.91 Å². The van der Waals surface area contributed by atoms with E-state index < -0.39 is 0 Å². The number of unbranched alkanes of at least 4 members (excludes halogenated alkanes) is 1. The molecule has 4 heteroatoms. The van der Waals surface area contributed by atoms with E-state index in [0.29, 0.717) is 6.54 Å². The summed E-state index contributed by atoms with van der Waals surface area (Å²) in [5.74, 6) is 0.108. The molecule has 0 heterocycles. The monoisotopic (exact) mass is 243 g/mol. The summed E-state index contributed by atoms with van der Waals surface area (Å²) in [4.78, 5) is 13.8. The van der Waals surface area contributed by atoms with Gasteiger partial charge in [-0.2, -0.15) is 0 Å². The maximum absolute atomic E-state index is 11.4. The van der Waals surface area contributed by atoms with Gasteiger partial charge in [-0.25, -0.2) is 0 Å². The Labute approximate surface area is 106 Å². The van der Waals surface area contributed by atoms with Gasteiger partial charge in [0.2, 0.25) is 5.91 Å². The lowest BCUT2D eigenvalue weighted by Gasteiger charge is -2.19. The molecule has 0 spiro atoms. The van der Waals surface area contributed by atoms with Crippen molar-refractivity contribution in [1.82, 2.24) is 15.5 Å². The molecule has 0 saturated heterocycles. The topological polar surface area (TPSA) is 44.4 Å². The molecule has 17 heavy (non-hydrogen) atoms. The third-order valence-corrected chi connectivity index (χ3v) is 2.73. The average Bonchev–Trinajstić information content (AvgIpc) is 2.33. The molecule has 0 aliphatic heterocycles. The number of likely N-dealkylation sites (N-methyl/N-ethyl adjacent to an activating group) is 1. The van der Waals surface area contributed by atoms with Crippen molar-refractivity contribution in [3.63, 3.8) is 0 Å². The Hall–Kier alpha value is -0.610. The third kappa shape index (κ3) is 10.3. The molecule has 2 N–H and O–H groups in total. The fourth-order valence-corrected chi connectivity index (χ4v) is 1.65. The van der Waals surface area contributed by atoms with E-state index in [4.69, 9.17) is 0 Å². The predicted molar refractivity (Wildman–Crippen MR) is 73.2 cm³/mol. The second kappa shape index (κ2) is 11.9. The van der Waals surface area contributed by atoms with E-state index in [9.17, 15) is 4.79 Å². The summed E-state index contributed by atoms with van der Waals surface area (Å²) in [5.41, 5.74) is 0. The van der Waals surface area contributed by atoms with Crippen molar-refractivity contribution >= 4 is 5.91 Å². The molecule has 0 unspecified atom stereocenters. The SMILES string of the molecule is CCCCNC(=O)CNCCN(CC)CCC. The first-order valence-electron chi connectivity index (χ1n) is 6.94. The Morgan fingerprint density at radius 3 is 2.41 bits per heavy atom. The molecule has 0 aliphatic carbocycles. The molecular weight excluding hydrogens is 214 g/mol. The Morgan fingerprint density at radius 2 is 1.82 bits per heavy atom. The van der Waals surface area contributed by atoms with Crippen LogP contribution >= 0.6 is 0 Å². The normalized spacial score (nSPS) is 10.8. The average molecular weight is 243 g/mol. The van der Waals surface area contributed by atoms with Crippen molar-refractivity contribution in [2.45, 2.75) is 40.0 Å². The summed E-state index contributed by atoms with van der Waals surface area (Å²) >= 11 is 0. The largest absolute Gasteiger partial charge is 0.355 e. The summed E-state index contributed by atoms with van der Waals surface area (Å²) in [7, 11) is 0. The number of carbonyl (C=O) groups excluding carboxylic acids is 1. The molecule has 0 rings (SSSR count). The van der Waals surface area contributed by atoms with Gasteiger partial charge in [0.1, 0.15) is 0 Å². The second-order valence-electron chi connectivity index (χ2n) is 4.31. The van der Waals surface area contributed by atoms with Crippen LogP contribution in [0.25, 0.3) is 0 Å². The number of carbonyl (C=O) groups is 1. The standard InChI is InChI=1S/C13H29N3O/c1-4-7-8-15-13(17)12-14-9-11-16(6-3)10-5-2/h14H,4-12H2,1-3H3,(H,15,17). The molecule has 0 radical (unpaired) electrons. The Morgan fingerprint density at radius 1 is 1.06 bits per heavy atom. The summed E-state index contributed by atoms with van der Waals surface area (Å²) in [6, 6.07) is 0. The first kappa shape index (κ1) is 16.4. The molecule has 0 aliphatic rings. The van der Waals surface area contributed by atoms with Gasteiger partial charge in [-0.15, -0.1) is 0 Å². The minimum absolute atomic E-state index is 0.108. The summed E-state index contributed by atoms with van der Waals surface area (Å²) in [6.07, 6.45) is 3.37. The van der Waals surface area contributed by atoms with Crippen LogP contribution in [-0.2, 0) is 4.79 Å². The minimum atomic E-state index is 0.108. The molecule has 0 fully saturated rings. The van der Waals surface area contributed by atoms with Crippen molar-refractivity contribution in [2.75, 3.05) is 39.3 Å². The summed E-state index contributed by atoms with van der Waals surface area (Å²) in [5, 5.41) is 6.08. The number of hydrogen-bond acceptors (Lipinski definition) is 3. The number of nitrogens with zero attached hydrogens (tertiary/aromatic N) is 1. The first-order chi connectivity index (χ1) is 8.24. The van der Waals surface area contributed by atoms with Gasteiger partial charge in [0.25, 0.3) is 0 Å².